The molecule has 0 radical (unpaired) electrons. The predicted octanol–water partition coefficient (Wildman–Crippen LogP) is 2.96. The zero-order chi connectivity index (χ0) is 14.7. The SMILES string of the molecule is CCC(CC)(CC(C)C)C(=O)NC1(CC(=O)O)CC1. The van der Waals surface area contributed by atoms with Gasteiger partial charge in [0.25, 0.3) is 0 Å². The Hall–Kier alpha value is -1.06. The lowest BCUT2D eigenvalue weighted by atomic mass is 9.74. The van der Waals surface area contributed by atoms with Crippen LogP contribution in [0.2, 0.25) is 0 Å². The molecule has 4 heteroatoms. The first kappa shape index (κ1) is 16.0. The molecule has 1 rings (SSSR count). The number of carboxylic acid groups (broad SMARTS) is 1. The van der Waals surface area contributed by atoms with Gasteiger partial charge in [0, 0.05) is 5.41 Å². The summed E-state index contributed by atoms with van der Waals surface area (Å²) in [7, 11) is 0. The standard InChI is InChI=1S/C15H27NO3/c1-5-14(6-2,9-11(3)4)13(19)16-15(7-8-15)10-12(17)18/h11H,5-10H2,1-4H3,(H,16,19)(H,17,18). The van der Waals surface area contributed by atoms with Crippen LogP contribution in [0.1, 0.15) is 66.2 Å². The molecule has 1 amide bonds. The molecular weight excluding hydrogens is 242 g/mol. The summed E-state index contributed by atoms with van der Waals surface area (Å²) in [6.07, 6.45) is 4.08. The molecule has 19 heavy (non-hydrogen) atoms. The Bertz CT molecular complexity index is 341. The summed E-state index contributed by atoms with van der Waals surface area (Å²) in [6, 6.07) is 0. The van der Waals surface area contributed by atoms with E-state index < -0.39 is 11.5 Å². The summed E-state index contributed by atoms with van der Waals surface area (Å²) in [5.41, 5.74) is -0.808. The van der Waals surface area contributed by atoms with Crippen molar-refractivity contribution in [3.05, 3.63) is 0 Å². The van der Waals surface area contributed by atoms with Crippen LogP contribution in [0.5, 0.6) is 0 Å². The minimum Gasteiger partial charge on any atom is -0.481 e. The minimum absolute atomic E-state index is 0.0456. The fourth-order valence-electron chi connectivity index (χ4n) is 2.89. The summed E-state index contributed by atoms with van der Waals surface area (Å²) in [5.74, 6) is -0.328. The minimum atomic E-state index is -0.833. The zero-order valence-electron chi connectivity index (χ0n) is 12.6. The summed E-state index contributed by atoms with van der Waals surface area (Å²) in [5, 5.41) is 11.9. The van der Waals surface area contributed by atoms with Crippen molar-refractivity contribution in [2.24, 2.45) is 11.3 Å². The van der Waals surface area contributed by atoms with Crippen molar-refractivity contribution in [2.75, 3.05) is 0 Å². The Morgan fingerprint density at radius 3 is 2.11 bits per heavy atom. The molecule has 2 N–H and O–H groups in total. The van der Waals surface area contributed by atoms with E-state index >= 15 is 0 Å². The Balaban J connectivity index is 2.75. The third kappa shape index (κ3) is 3.95. The highest BCUT2D eigenvalue weighted by Crippen LogP contribution is 2.42. The van der Waals surface area contributed by atoms with E-state index in [-0.39, 0.29) is 17.7 Å². The summed E-state index contributed by atoms with van der Waals surface area (Å²) < 4.78 is 0. The van der Waals surface area contributed by atoms with Crippen molar-refractivity contribution in [2.45, 2.75) is 71.8 Å². The first-order valence-electron chi connectivity index (χ1n) is 7.33. The van der Waals surface area contributed by atoms with Gasteiger partial charge < -0.3 is 10.4 Å². The van der Waals surface area contributed by atoms with Gasteiger partial charge in [-0.05, 0) is 38.0 Å². The van der Waals surface area contributed by atoms with E-state index in [9.17, 15) is 9.59 Å². The summed E-state index contributed by atoms with van der Waals surface area (Å²) in [6.45, 7) is 8.33. The smallest absolute Gasteiger partial charge is 0.305 e. The van der Waals surface area contributed by atoms with Crippen molar-refractivity contribution < 1.29 is 14.7 Å². The average molecular weight is 269 g/mol. The molecule has 0 spiro atoms. The second kappa shape index (κ2) is 5.93. The Morgan fingerprint density at radius 1 is 1.26 bits per heavy atom. The maximum Gasteiger partial charge on any atom is 0.305 e. The van der Waals surface area contributed by atoms with E-state index in [0.29, 0.717) is 5.92 Å². The molecule has 1 fully saturated rings. The highest BCUT2D eigenvalue weighted by Gasteiger charge is 2.48. The lowest BCUT2D eigenvalue weighted by molar-refractivity contribution is -0.139. The topological polar surface area (TPSA) is 66.4 Å². The van der Waals surface area contributed by atoms with Gasteiger partial charge in [0.05, 0.1) is 12.0 Å². The monoisotopic (exact) mass is 269 g/mol. The van der Waals surface area contributed by atoms with Crippen LogP contribution in [-0.2, 0) is 9.59 Å². The highest BCUT2D eigenvalue weighted by molar-refractivity contribution is 5.84. The van der Waals surface area contributed by atoms with Crippen LogP contribution in [0.25, 0.3) is 0 Å². The molecule has 1 saturated carbocycles. The van der Waals surface area contributed by atoms with Gasteiger partial charge in [0.2, 0.25) is 5.91 Å². The van der Waals surface area contributed by atoms with Crippen LogP contribution >= 0.6 is 0 Å². The van der Waals surface area contributed by atoms with Gasteiger partial charge in [0.1, 0.15) is 0 Å². The fraction of sp³-hybridized carbons (Fsp3) is 0.867. The molecule has 4 nitrogen and oxygen atoms in total. The maximum absolute atomic E-state index is 12.6. The molecule has 0 unspecified atom stereocenters. The normalized spacial score (nSPS) is 17.3. The fourth-order valence-corrected chi connectivity index (χ4v) is 2.89. The van der Waals surface area contributed by atoms with E-state index in [4.69, 9.17) is 5.11 Å². The van der Waals surface area contributed by atoms with Gasteiger partial charge >= 0.3 is 5.97 Å². The summed E-state index contributed by atoms with van der Waals surface area (Å²) in [4.78, 5) is 23.4. The van der Waals surface area contributed by atoms with Gasteiger partial charge in [-0.3, -0.25) is 9.59 Å². The van der Waals surface area contributed by atoms with Crippen molar-refractivity contribution in [3.8, 4) is 0 Å². The van der Waals surface area contributed by atoms with Crippen LogP contribution in [0.3, 0.4) is 0 Å². The molecule has 0 saturated heterocycles. The van der Waals surface area contributed by atoms with E-state index in [1.807, 2.05) is 13.8 Å². The van der Waals surface area contributed by atoms with E-state index in [2.05, 4.69) is 19.2 Å². The molecule has 1 aliphatic rings. The molecule has 1 aliphatic carbocycles. The van der Waals surface area contributed by atoms with Gasteiger partial charge in [-0.15, -0.1) is 0 Å². The number of hydrogen-bond donors (Lipinski definition) is 2. The Kier molecular flexibility index (Phi) is 4.99. The average Bonchev–Trinajstić information content (AvgIpc) is 3.03. The number of hydrogen-bond acceptors (Lipinski definition) is 2. The number of carboxylic acids is 1. The number of nitrogens with one attached hydrogen (secondary N) is 1. The first-order valence-corrected chi connectivity index (χ1v) is 7.33. The quantitative estimate of drug-likeness (QED) is 0.712. The molecule has 0 aromatic carbocycles. The Morgan fingerprint density at radius 2 is 1.79 bits per heavy atom. The highest BCUT2D eigenvalue weighted by atomic mass is 16.4. The third-order valence-corrected chi connectivity index (χ3v) is 4.36. The van der Waals surface area contributed by atoms with Crippen LogP contribution in [0, 0.1) is 11.3 Å². The molecule has 0 atom stereocenters. The number of carbonyl (C=O) groups excluding carboxylic acids is 1. The molecule has 0 aliphatic heterocycles. The second-order valence-corrected chi connectivity index (χ2v) is 6.39. The largest absolute Gasteiger partial charge is 0.481 e. The molecule has 0 aromatic rings. The number of amides is 1. The molecule has 0 heterocycles. The van der Waals surface area contributed by atoms with Crippen molar-refractivity contribution >= 4 is 11.9 Å². The van der Waals surface area contributed by atoms with Gasteiger partial charge in [-0.2, -0.15) is 0 Å². The van der Waals surface area contributed by atoms with Crippen LogP contribution in [0.4, 0.5) is 0 Å². The van der Waals surface area contributed by atoms with Crippen molar-refractivity contribution in [1.82, 2.24) is 5.32 Å². The number of carbonyl (C=O) groups is 2. The lowest BCUT2D eigenvalue weighted by Crippen LogP contribution is -2.47. The van der Waals surface area contributed by atoms with Crippen molar-refractivity contribution in [3.63, 3.8) is 0 Å². The lowest BCUT2D eigenvalue weighted by Gasteiger charge is -2.33. The van der Waals surface area contributed by atoms with E-state index in [1.165, 1.54) is 0 Å². The van der Waals surface area contributed by atoms with Gasteiger partial charge in [-0.25, -0.2) is 0 Å². The predicted molar refractivity (Wildman–Crippen MR) is 74.8 cm³/mol. The molecule has 0 bridgehead atoms. The van der Waals surface area contributed by atoms with Crippen LogP contribution < -0.4 is 5.32 Å². The summed E-state index contributed by atoms with van der Waals surface area (Å²) >= 11 is 0. The van der Waals surface area contributed by atoms with Crippen LogP contribution in [-0.4, -0.2) is 22.5 Å². The van der Waals surface area contributed by atoms with Crippen molar-refractivity contribution in [1.29, 1.82) is 0 Å². The van der Waals surface area contributed by atoms with E-state index in [0.717, 1.165) is 32.1 Å². The molecule has 0 aromatic heterocycles. The van der Waals surface area contributed by atoms with Crippen LogP contribution in [0.15, 0.2) is 0 Å². The number of aliphatic carboxylic acids is 1. The zero-order valence-corrected chi connectivity index (χ0v) is 12.6. The molecule has 110 valence electrons. The van der Waals surface area contributed by atoms with Gasteiger partial charge in [-0.1, -0.05) is 27.7 Å². The second-order valence-electron chi connectivity index (χ2n) is 6.39. The first-order chi connectivity index (χ1) is 8.79. The third-order valence-electron chi connectivity index (χ3n) is 4.36. The maximum atomic E-state index is 12.6. The number of rotatable bonds is 8. The van der Waals surface area contributed by atoms with E-state index in [1.54, 1.807) is 0 Å². The molecular formula is C15H27NO3. The Labute approximate surface area is 116 Å². The van der Waals surface area contributed by atoms with Gasteiger partial charge in [0.15, 0.2) is 0 Å².